The van der Waals surface area contributed by atoms with E-state index >= 15 is 0 Å². The summed E-state index contributed by atoms with van der Waals surface area (Å²) in [5, 5.41) is 11.9. The van der Waals surface area contributed by atoms with Gasteiger partial charge in [0.1, 0.15) is 17.4 Å². The average Bonchev–Trinajstić information content (AvgIpc) is 2.98. The normalized spacial score (nSPS) is 16.2. The van der Waals surface area contributed by atoms with Gasteiger partial charge in [0.05, 0.1) is 17.3 Å². The van der Waals surface area contributed by atoms with Crippen LogP contribution in [0.2, 0.25) is 10.0 Å². The summed E-state index contributed by atoms with van der Waals surface area (Å²) >= 11 is 14.4. The van der Waals surface area contributed by atoms with Gasteiger partial charge in [-0.15, -0.1) is 0 Å². The number of fused-ring (bicyclic) bond motifs is 1. The van der Waals surface area contributed by atoms with E-state index in [4.69, 9.17) is 27.9 Å². The molecule has 0 fully saturated rings. The van der Waals surface area contributed by atoms with Crippen LogP contribution in [0.4, 0.5) is 5.69 Å². The minimum atomic E-state index is -1.16. The minimum Gasteiger partial charge on any atom is -0.508 e. The molecule has 1 heterocycles. The molecule has 0 radical (unpaired) electrons. The number of hydrogen-bond acceptors (Lipinski definition) is 5. The largest absolute Gasteiger partial charge is 0.508 e. The zero-order chi connectivity index (χ0) is 30.8. The Balaban J connectivity index is 1.78. The SMILES string of the molecule is CC(c1ccc(Cl)cc1)N1C(=O)c2cc(I)ccc2N(CCCCC(=O)OC(C)(C)C)C(=O)C1c1ccc(Cl)cc1O. The maximum Gasteiger partial charge on any atom is 0.306 e. The van der Waals surface area contributed by atoms with Gasteiger partial charge < -0.3 is 19.6 Å². The molecule has 42 heavy (non-hydrogen) atoms. The van der Waals surface area contributed by atoms with Crippen molar-refractivity contribution in [2.45, 2.75) is 64.6 Å². The van der Waals surface area contributed by atoms with E-state index in [0.717, 1.165) is 9.13 Å². The lowest BCUT2D eigenvalue weighted by molar-refractivity contribution is -0.154. The molecule has 0 aliphatic carbocycles. The number of esters is 1. The lowest BCUT2D eigenvalue weighted by Crippen LogP contribution is -2.44. The molecular weight excluding hydrogens is 690 g/mol. The van der Waals surface area contributed by atoms with Crippen LogP contribution in [0.25, 0.3) is 0 Å². The molecule has 0 spiro atoms. The highest BCUT2D eigenvalue weighted by atomic mass is 127. The zero-order valence-electron chi connectivity index (χ0n) is 23.9. The van der Waals surface area contributed by atoms with E-state index in [1.807, 2.05) is 45.9 Å². The molecule has 2 unspecified atom stereocenters. The second-order valence-corrected chi connectivity index (χ2v) is 13.4. The first-order valence-electron chi connectivity index (χ1n) is 13.7. The van der Waals surface area contributed by atoms with Crippen molar-refractivity contribution >= 4 is 69.3 Å². The van der Waals surface area contributed by atoms with Gasteiger partial charge in [-0.1, -0.05) is 41.4 Å². The van der Waals surface area contributed by atoms with E-state index in [1.54, 1.807) is 41.3 Å². The van der Waals surface area contributed by atoms with Gasteiger partial charge in [0.2, 0.25) is 0 Å². The molecule has 7 nitrogen and oxygen atoms in total. The van der Waals surface area contributed by atoms with Crippen molar-refractivity contribution < 1.29 is 24.2 Å². The number of halogens is 3. The summed E-state index contributed by atoms with van der Waals surface area (Å²) in [5.74, 6) is -1.22. The molecule has 0 saturated carbocycles. The van der Waals surface area contributed by atoms with Crippen LogP contribution in [-0.2, 0) is 14.3 Å². The molecule has 0 aromatic heterocycles. The van der Waals surface area contributed by atoms with Crippen LogP contribution in [0.1, 0.15) is 80.5 Å². The number of aromatic hydroxyl groups is 1. The predicted molar refractivity (Wildman–Crippen MR) is 173 cm³/mol. The highest BCUT2D eigenvalue weighted by Crippen LogP contribution is 2.43. The number of carbonyl (C=O) groups excluding carboxylic acids is 3. The summed E-state index contributed by atoms with van der Waals surface area (Å²) < 4.78 is 6.26. The third kappa shape index (κ3) is 7.38. The molecule has 0 bridgehead atoms. The standard InChI is InChI=1S/C32H33Cl2IN2O5/c1-19(20-8-10-21(33)11-9-20)37-29(24-14-12-22(34)17-27(24)38)31(41)36(16-6-5-7-28(39)42-32(2,3)4)26-15-13-23(35)18-25(26)30(37)40/h8-15,17-19,29,38H,5-7,16H2,1-4H3. The molecule has 0 saturated heterocycles. The fraction of sp³-hybridized carbons (Fsp3) is 0.344. The van der Waals surface area contributed by atoms with Gasteiger partial charge in [-0.3, -0.25) is 14.4 Å². The van der Waals surface area contributed by atoms with Gasteiger partial charge in [0.15, 0.2) is 0 Å². The number of phenolic OH excluding ortho intramolecular Hbond substituents is 1. The van der Waals surface area contributed by atoms with Gasteiger partial charge in [-0.05, 0) is 111 Å². The number of hydrogen-bond donors (Lipinski definition) is 1. The molecule has 1 aliphatic heterocycles. The van der Waals surface area contributed by atoms with Crippen molar-refractivity contribution in [3.05, 3.63) is 91.0 Å². The number of unbranched alkanes of at least 4 members (excludes halogenated alkanes) is 1. The van der Waals surface area contributed by atoms with E-state index in [2.05, 4.69) is 22.6 Å². The summed E-state index contributed by atoms with van der Waals surface area (Å²) in [6, 6.07) is 15.3. The molecule has 2 atom stereocenters. The second-order valence-electron chi connectivity index (χ2n) is 11.2. The van der Waals surface area contributed by atoms with Gasteiger partial charge in [0.25, 0.3) is 11.8 Å². The number of phenols is 1. The maximum absolute atomic E-state index is 14.6. The number of benzene rings is 3. The van der Waals surface area contributed by atoms with Crippen LogP contribution < -0.4 is 4.90 Å². The number of nitrogens with zero attached hydrogens (tertiary/aromatic N) is 2. The molecule has 1 aliphatic rings. The predicted octanol–water partition coefficient (Wildman–Crippen LogP) is 8.11. The lowest BCUT2D eigenvalue weighted by atomic mass is 9.98. The number of carbonyl (C=O) groups is 3. The molecule has 1 N–H and O–H groups in total. The van der Waals surface area contributed by atoms with Gasteiger partial charge in [-0.2, -0.15) is 0 Å². The quantitative estimate of drug-likeness (QED) is 0.144. The van der Waals surface area contributed by atoms with E-state index in [0.29, 0.717) is 34.1 Å². The average molecular weight is 723 g/mol. The smallest absolute Gasteiger partial charge is 0.306 e. The summed E-state index contributed by atoms with van der Waals surface area (Å²) in [6.07, 6.45) is 1.20. The Kier molecular flexibility index (Phi) is 10.1. The molecule has 3 aromatic carbocycles. The van der Waals surface area contributed by atoms with Gasteiger partial charge >= 0.3 is 5.97 Å². The Hall–Kier alpha value is -2.82. The second kappa shape index (κ2) is 13.2. The number of anilines is 1. The van der Waals surface area contributed by atoms with Gasteiger partial charge in [0, 0.05) is 32.1 Å². The number of ether oxygens (including phenoxy) is 1. The van der Waals surface area contributed by atoms with Crippen LogP contribution in [0.15, 0.2) is 60.7 Å². The maximum atomic E-state index is 14.6. The van der Waals surface area contributed by atoms with E-state index in [9.17, 15) is 19.5 Å². The third-order valence-corrected chi connectivity index (χ3v) is 8.14. The van der Waals surface area contributed by atoms with Crippen LogP contribution in [0, 0.1) is 3.57 Å². The van der Waals surface area contributed by atoms with E-state index < -0.39 is 17.7 Å². The Labute approximate surface area is 269 Å². The van der Waals surface area contributed by atoms with Crippen LogP contribution in [0.5, 0.6) is 5.75 Å². The monoisotopic (exact) mass is 722 g/mol. The molecule has 222 valence electrons. The Bertz CT molecular complexity index is 1490. The fourth-order valence-electron chi connectivity index (χ4n) is 5.05. The van der Waals surface area contributed by atoms with E-state index in [1.165, 1.54) is 11.0 Å². The third-order valence-electron chi connectivity index (χ3n) is 6.98. The first-order chi connectivity index (χ1) is 19.8. The molecule has 10 heteroatoms. The van der Waals surface area contributed by atoms with Crippen LogP contribution in [0.3, 0.4) is 0 Å². The Morgan fingerprint density at radius 3 is 2.31 bits per heavy atom. The fourth-order valence-corrected chi connectivity index (χ4v) is 5.83. The van der Waals surface area contributed by atoms with Crippen molar-refractivity contribution in [3.63, 3.8) is 0 Å². The first-order valence-corrected chi connectivity index (χ1v) is 15.5. The minimum absolute atomic E-state index is 0.188. The number of amides is 2. The van der Waals surface area contributed by atoms with E-state index in [-0.39, 0.29) is 42.1 Å². The summed E-state index contributed by atoms with van der Waals surface area (Å²) in [4.78, 5) is 44.4. The molecular formula is C32H33Cl2IN2O5. The van der Waals surface area contributed by atoms with Crippen molar-refractivity contribution in [2.75, 3.05) is 11.4 Å². The highest BCUT2D eigenvalue weighted by Gasteiger charge is 2.44. The lowest BCUT2D eigenvalue weighted by Gasteiger charge is -2.36. The summed E-state index contributed by atoms with van der Waals surface area (Å²) in [5.41, 5.74) is 1.31. The molecule has 2 amide bonds. The first kappa shape index (κ1) is 32.1. The van der Waals surface area contributed by atoms with Crippen molar-refractivity contribution in [2.24, 2.45) is 0 Å². The summed E-state index contributed by atoms with van der Waals surface area (Å²) in [6.45, 7) is 7.56. The molecule has 4 rings (SSSR count). The molecule has 3 aromatic rings. The van der Waals surface area contributed by atoms with Crippen molar-refractivity contribution in [3.8, 4) is 5.75 Å². The number of rotatable bonds is 8. The Morgan fingerprint density at radius 2 is 1.67 bits per heavy atom. The van der Waals surface area contributed by atoms with Crippen LogP contribution >= 0.6 is 45.8 Å². The van der Waals surface area contributed by atoms with Crippen molar-refractivity contribution in [1.82, 2.24) is 4.90 Å². The summed E-state index contributed by atoms with van der Waals surface area (Å²) in [7, 11) is 0. The van der Waals surface area contributed by atoms with Gasteiger partial charge in [-0.25, -0.2) is 0 Å². The van der Waals surface area contributed by atoms with Crippen LogP contribution in [-0.4, -0.2) is 39.9 Å². The highest BCUT2D eigenvalue weighted by molar-refractivity contribution is 14.1. The zero-order valence-corrected chi connectivity index (χ0v) is 27.5. The van der Waals surface area contributed by atoms with Crippen molar-refractivity contribution in [1.29, 1.82) is 0 Å². The topological polar surface area (TPSA) is 87.2 Å². The Morgan fingerprint density at radius 1 is 1.00 bits per heavy atom.